The van der Waals surface area contributed by atoms with Crippen LogP contribution in [0, 0.1) is 0 Å². The van der Waals surface area contributed by atoms with Crippen LogP contribution in [0.25, 0.3) is 0 Å². The summed E-state index contributed by atoms with van der Waals surface area (Å²) in [5.41, 5.74) is 2.63. The third kappa shape index (κ3) is 2.26. The van der Waals surface area contributed by atoms with Gasteiger partial charge in [-0.1, -0.05) is 0 Å². The summed E-state index contributed by atoms with van der Waals surface area (Å²) in [6.07, 6.45) is 10.9. The van der Waals surface area contributed by atoms with Crippen LogP contribution in [0.2, 0.25) is 0 Å². The molecule has 0 atom stereocenters. The summed E-state index contributed by atoms with van der Waals surface area (Å²) in [5.74, 6) is 0. The summed E-state index contributed by atoms with van der Waals surface area (Å²) in [6, 6.07) is 2.87. The SMILES string of the molecule is CNCc1ccn(Cc2cncn2C2CC2)c1. The summed E-state index contributed by atoms with van der Waals surface area (Å²) in [7, 11) is 1.97. The first-order valence-corrected chi connectivity index (χ1v) is 6.17. The molecule has 0 spiro atoms. The van der Waals surface area contributed by atoms with E-state index in [9.17, 15) is 0 Å². The van der Waals surface area contributed by atoms with Crippen LogP contribution in [0.1, 0.15) is 30.1 Å². The molecule has 1 aliphatic carbocycles. The molecule has 2 heterocycles. The quantitative estimate of drug-likeness (QED) is 0.849. The van der Waals surface area contributed by atoms with Gasteiger partial charge in [-0.15, -0.1) is 0 Å². The van der Waals surface area contributed by atoms with Gasteiger partial charge in [0.25, 0.3) is 0 Å². The fourth-order valence-corrected chi connectivity index (χ4v) is 2.22. The van der Waals surface area contributed by atoms with E-state index >= 15 is 0 Å². The minimum absolute atomic E-state index is 0.708. The van der Waals surface area contributed by atoms with E-state index in [1.807, 2.05) is 19.6 Å². The monoisotopic (exact) mass is 230 g/mol. The van der Waals surface area contributed by atoms with Crippen LogP contribution < -0.4 is 5.32 Å². The third-order valence-electron chi connectivity index (χ3n) is 3.22. The normalized spacial score (nSPS) is 15.4. The number of aromatic nitrogens is 3. The average Bonchev–Trinajstić information content (AvgIpc) is 2.91. The van der Waals surface area contributed by atoms with Crippen LogP contribution >= 0.6 is 0 Å². The van der Waals surface area contributed by atoms with Crippen molar-refractivity contribution in [3.8, 4) is 0 Å². The molecular weight excluding hydrogens is 212 g/mol. The van der Waals surface area contributed by atoms with Crippen LogP contribution in [0.5, 0.6) is 0 Å². The number of nitrogens with one attached hydrogen (secondary N) is 1. The standard InChI is InChI=1S/C13H18N4/c1-14-6-11-4-5-16(8-11)9-13-7-15-10-17(13)12-2-3-12/h4-5,7-8,10,12,14H,2-3,6,9H2,1H3. The first-order valence-electron chi connectivity index (χ1n) is 6.17. The molecule has 2 aromatic heterocycles. The highest BCUT2D eigenvalue weighted by Gasteiger charge is 2.25. The first kappa shape index (κ1) is 10.6. The summed E-state index contributed by atoms with van der Waals surface area (Å²) in [6.45, 7) is 1.84. The van der Waals surface area contributed by atoms with Crippen molar-refractivity contribution < 1.29 is 0 Å². The predicted octanol–water partition coefficient (Wildman–Crippen LogP) is 1.79. The highest BCUT2D eigenvalue weighted by molar-refractivity contribution is 5.12. The molecule has 0 radical (unpaired) electrons. The molecule has 4 heteroatoms. The lowest BCUT2D eigenvalue weighted by molar-refractivity contribution is 0.656. The zero-order valence-corrected chi connectivity index (χ0v) is 10.1. The fraction of sp³-hybridized carbons (Fsp3) is 0.462. The van der Waals surface area contributed by atoms with E-state index in [2.05, 4.69) is 37.9 Å². The molecule has 1 aliphatic rings. The van der Waals surface area contributed by atoms with E-state index in [0.717, 1.165) is 13.1 Å². The Morgan fingerprint density at radius 2 is 2.35 bits per heavy atom. The molecule has 1 N–H and O–H groups in total. The van der Waals surface area contributed by atoms with Gasteiger partial charge in [-0.3, -0.25) is 0 Å². The van der Waals surface area contributed by atoms with Crippen LogP contribution in [0.15, 0.2) is 31.0 Å². The van der Waals surface area contributed by atoms with Crippen molar-refractivity contribution >= 4 is 0 Å². The Labute approximate surface area is 101 Å². The van der Waals surface area contributed by atoms with Crippen molar-refractivity contribution in [3.63, 3.8) is 0 Å². The van der Waals surface area contributed by atoms with E-state index in [4.69, 9.17) is 0 Å². The molecule has 0 amide bonds. The van der Waals surface area contributed by atoms with Gasteiger partial charge in [-0.2, -0.15) is 0 Å². The number of imidazole rings is 1. The van der Waals surface area contributed by atoms with E-state index < -0.39 is 0 Å². The molecule has 1 fully saturated rings. The molecule has 0 unspecified atom stereocenters. The van der Waals surface area contributed by atoms with Crippen molar-refractivity contribution in [3.05, 3.63) is 42.2 Å². The molecule has 4 nitrogen and oxygen atoms in total. The van der Waals surface area contributed by atoms with Crippen molar-refractivity contribution in [2.45, 2.75) is 32.0 Å². The van der Waals surface area contributed by atoms with E-state index in [0.29, 0.717) is 6.04 Å². The lowest BCUT2D eigenvalue weighted by Gasteiger charge is -2.07. The summed E-state index contributed by atoms with van der Waals surface area (Å²) in [5, 5.41) is 3.16. The van der Waals surface area contributed by atoms with Gasteiger partial charge in [0.05, 0.1) is 18.6 Å². The first-order chi connectivity index (χ1) is 8.36. The Kier molecular flexibility index (Phi) is 2.73. The predicted molar refractivity (Wildman–Crippen MR) is 66.8 cm³/mol. The molecule has 1 saturated carbocycles. The average molecular weight is 230 g/mol. The van der Waals surface area contributed by atoms with Crippen molar-refractivity contribution in [1.29, 1.82) is 0 Å². The molecule has 2 aromatic rings. The lowest BCUT2D eigenvalue weighted by atomic mass is 10.3. The molecular formula is C13H18N4. The molecule has 0 aromatic carbocycles. The molecule has 0 bridgehead atoms. The summed E-state index contributed by atoms with van der Waals surface area (Å²) < 4.78 is 4.54. The zero-order valence-electron chi connectivity index (χ0n) is 10.1. The zero-order chi connectivity index (χ0) is 11.7. The van der Waals surface area contributed by atoms with Gasteiger partial charge in [0.15, 0.2) is 0 Å². The highest BCUT2D eigenvalue weighted by atomic mass is 15.1. The van der Waals surface area contributed by atoms with Crippen LogP contribution in [0.3, 0.4) is 0 Å². The minimum Gasteiger partial charge on any atom is -0.348 e. The topological polar surface area (TPSA) is 34.8 Å². The lowest BCUT2D eigenvalue weighted by Crippen LogP contribution is -2.06. The van der Waals surface area contributed by atoms with Gasteiger partial charge in [-0.05, 0) is 31.5 Å². The largest absolute Gasteiger partial charge is 0.348 e. The summed E-state index contributed by atoms with van der Waals surface area (Å²) in [4.78, 5) is 4.26. The third-order valence-corrected chi connectivity index (χ3v) is 3.22. The second-order valence-electron chi connectivity index (χ2n) is 4.75. The van der Waals surface area contributed by atoms with E-state index in [-0.39, 0.29) is 0 Å². The Morgan fingerprint density at radius 1 is 1.47 bits per heavy atom. The minimum atomic E-state index is 0.708. The molecule has 0 saturated heterocycles. The van der Waals surface area contributed by atoms with Gasteiger partial charge < -0.3 is 14.5 Å². The van der Waals surface area contributed by atoms with Crippen LogP contribution in [-0.4, -0.2) is 21.2 Å². The van der Waals surface area contributed by atoms with Gasteiger partial charge in [0.1, 0.15) is 0 Å². The Balaban J connectivity index is 1.74. The smallest absolute Gasteiger partial charge is 0.0951 e. The molecule has 90 valence electrons. The van der Waals surface area contributed by atoms with Gasteiger partial charge in [-0.25, -0.2) is 4.98 Å². The maximum atomic E-state index is 4.26. The van der Waals surface area contributed by atoms with Crippen molar-refractivity contribution in [2.75, 3.05) is 7.05 Å². The van der Waals surface area contributed by atoms with Crippen LogP contribution in [-0.2, 0) is 13.1 Å². The van der Waals surface area contributed by atoms with Gasteiger partial charge in [0.2, 0.25) is 0 Å². The van der Waals surface area contributed by atoms with E-state index in [1.54, 1.807) is 0 Å². The highest BCUT2D eigenvalue weighted by Crippen LogP contribution is 2.35. The Hall–Kier alpha value is -1.55. The second kappa shape index (κ2) is 4.37. The summed E-state index contributed by atoms with van der Waals surface area (Å²) >= 11 is 0. The number of hydrogen-bond acceptors (Lipinski definition) is 2. The molecule has 0 aliphatic heterocycles. The Bertz CT molecular complexity index is 493. The maximum absolute atomic E-state index is 4.26. The maximum Gasteiger partial charge on any atom is 0.0951 e. The van der Waals surface area contributed by atoms with Crippen LogP contribution in [0.4, 0.5) is 0 Å². The van der Waals surface area contributed by atoms with Crippen molar-refractivity contribution in [1.82, 2.24) is 19.4 Å². The number of hydrogen-bond donors (Lipinski definition) is 1. The molecule has 3 rings (SSSR count). The number of nitrogens with zero attached hydrogens (tertiary/aromatic N) is 3. The van der Waals surface area contributed by atoms with Gasteiger partial charge in [0, 0.05) is 31.2 Å². The van der Waals surface area contributed by atoms with E-state index in [1.165, 1.54) is 24.1 Å². The fourth-order valence-electron chi connectivity index (χ4n) is 2.22. The molecule has 17 heavy (non-hydrogen) atoms. The number of rotatable bonds is 5. The second-order valence-corrected chi connectivity index (χ2v) is 4.75. The van der Waals surface area contributed by atoms with Crippen molar-refractivity contribution in [2.24, 2.45) is 0 Å². The van der Waals surface area contributed by atoms with Gasteiger partial charge >= 0.3 is 0 Å². The Morgan fingerprint density at radius 3 is 3.12 bits per heavy atom.